The molecule has 0 N–H and O–H groups in total. The van der Waals surface area contributed by atoms with Gasteiger partial charge in [0.1, 0.15) is 12.4 Å². The Balaban J connectivity index is 1.79. The van der Waals surface area contributed by atoms with Crippen LogP contribution in [0.5, 0.6) is 5.75 Å². The Morgan fingerprint density at radius 2 is 1.90 bits per heavy atom. The van der Waals surface area contributed by atoms with Gasteiger partial charge in [-0.05, 0) is 48.1 Å². The molecule has 0 spiro atoms. The summed E-state index contributed by atoms with van der Waals surface area (Å²) < 4.78 is 10.7. The fraction of sp³-hybridized carbons (Fsp3) is 0.278. The zero-order chi connectivity index (χ0) is 14.7. The first kappa shape index (κ1) is 13.7. The molecule has 3 rings (SSSR count). The molecule has 2 aromatic rings. The number of benzene rings is 2. The van der Waals surface area contributed by atoms with Crippen molar-refractivity contribution in [3.05, 3.63) is 65.2 Å². The van der Waals surface area contributed by atoms with E-state index in [1.54, 1.807) is 6.07 Å². The third-order valence-corrected chi connectivity index (χ3v) is 3.69. The molecule has 0 heterocycles. The zero-order valence-electron chi connectivity index (χ0n) is 12.0. The van der Waals surface area contributed by atoms with Crippen molar-refractivity contribution in [2.24, 2.45) is 0 Å². The maximum absolute atomic E-state index is 11.6. The van der Waals surface area contributed by atoms with Gasteiger partial charge in [-0.15, -0.1) is 0 Å². The molecule has 1 aliphatic carbocycles. The Kier molecular flexibility index (Phi) is 3.91. The lowest BCUT2D eigenvalue weighted by molar-refractivity contribution is 0.0600. The van der Waals surface area contributed by atoms with Crippen LogP contribution in [0.25, 0.3) is 0 Å². The summed E-state index contributed by atoms with van der Waals surface area (Å²) in [7, 11) is 1.40. The van der Waals surface area contributed by atoms with Crippen LogP contribution >= 0.6 is 0 Å². The van der Waals surface area contributed by atoms with Crippen LogP contribution < -0.4 is 4.74 Å². The van der Waals surface area contributed by atoms with Gasteiger partial charge >= 0.3 is 5.97 Å². The van der Waals surface area contributed by atoms with Crippen molar-refractivity contribution < 1.29 is 14.3 Å². The van der Waals surface area contributed by atoms with Gasteiger partial charge in [-0.3, -0.25) is 0 Å². The van der Waals surface area contributed by atoms with Gasteiger partial charge < -0.3 is 9.47 Å². The smallest absolute Gasteiger partial charge is 0.337 e. The number of rotatable bonds is 5. The highest BCUT2D eigenvalue weighted by molar-refractivity contribution is 5.89. The number of carbonyl (C=O) groups excluding carboxylic acids is 1. The number of methoxy groups -OCH3 is 1. The molecule has 2 aromatic carbocycles. The highest BCUT2D eigenvalue weighted by Gasteiger charge is 2.28. The van der Waals surface area contributed by atoms with Crippen molar-refractivity contribution in [3.63, 3.8) is 0 Å². The van der Waals surface area contributed by atoms with Crippen molar-refractivity contribution >= 4 is 5.97 Å². The summed E-state index contributed by atoms with van der Waals surface area (Å²) in [5.41, 5.74) is 2.84. The van der Waals surface area contributed by atoms with Gasteiger partial charge in [0.05, 0.1) is 12.7 Å². The summed E-state index contributed by atoms with van der Waals surface area (Å²) in [5.74, 6) is 1.08. The minimum atomic E-state index is -0.300. The van der Waals surface area contributed by atoms with Crippen LogP contribution in [-0.4, -0.2) is 13.1 Å². The van der Waals surface area contributed by atoms with E-state index in [9.17, 15) is 4.79 Å². The molecule has 108 valence electrons. The van der Waals surface area contributed by atoms with Crippen molar-refractivity contribution in [3.8, 4) is 5.75 Å². The highest BCUT2D eigenvalue weighted by atomic mass is 16.5. The Morgan fingerprint density at radius 1 is 1.14 bits per heavy atom. The van der Waals surface area contributed by atoms with E-state index in [0.717, 1.165) is 29.7 Å². The maximum Gasteiger partial charge on any atom is 0.337 e. The Hall–Kier alpha value is -2.29. The van der Waals surface area contributed by atoms with Crippen LogP contribution in [0.4, 0.5) is 0 Å². The lowest BCUT2D eigenvalue weighted by Gasteiger charge is -2.12. The standard InChI is InChI=1S/C18H18O3/c1-20-18(19)15-9-10-17(16(11-15)14-7-8-14)21-12-13-5-3-2-4-6-13/h2-6,9-11,14H,7-8,12H2,1H3. The van der Waals surface area contributed by atoms with Crippen molar-refractivity contribution in [2.45, 2.75) is 25.4 Å². The number of carbonyl (C=O) groups is 1. The third kappa shape index (κ3) is 3.24. The fourth-order valence-corrected chi connectivity index (χ4v) is 2.37. The van der Waals surface area contributed by atoms with Gasteiger partial charge in [-0.25, -0.2) is 4.79 Å². The van der Waals surface area contributed by atoms with Gasteiger partial charge in [-0.2, -0.15) is 0 Å². The minimum Gasteiger partial charge on any atom is -0.489 e. The largest absolute Gasteiger partial charge is 0.489 e. The number of esters is 1. The number of ether oxygens (including phenoxy) is 2. The molecule has 0 radical (unpaired) electrons. The molecule has 3 heteroatoms. The van der Waals surface area contributed by atoms with E-state index >= 15 is 0 Å². The number of hydrogen-bond donors (Lipinski definition) is 0. The predicted octanol–water partition coefficient (Wildman–Crippen LogP) is 3.93. The molecule has 0 atom stereocenters. The molecule has 0 amide bonds. The third-order valence-electron chi connectivity index (χ3n) is 3.69. The summed E-state index contributed by atoms with van der Waals surface area (Å²) in [4.78, 5) is 11.6. The molecule has 0 aromatic heterocycles. The SMILES string of the molecule is COC(=O)c1ccc(OCc2ccccc2)c(C2CC2)c1. The summed E-state index contributed by atoms with van der Waals surface area (Å²) in [5, 5.41) is 0. The summed E-state index contributed by atoms with van der Waals surface area (Å²) >= 11 is 0. The Bertz CT molecular complexity index is 630. The second kappa shape index (κ2) is 6.00. The summed E-state index contributed by atoms with van der Waals surface area (Å²) in [6.07, 6.45) is 2.32. The first-order valence-electron chi connectivity index (χ1n) is 7.17. The van der Waals surface area contributed by atoms with E-state index in [4.69, 9.17) is 9.47 Å². The molecule has 1 saturated carbocycles. The lowest BCUT2D eigenvalue weighted by Crippen LogP contribution is -2.04. The Morgan fingerprint density at radius 3 is 2.57 bits per heavy atom. The van der Waals surface area contributed by atoms with Crippen LogP contribution in [0.3, 0.4) is 0 Å². The van der Waals surface area contributed by atoms with E-state index in [2.05, 4.69) is 0 Å². The second-order valence-corrected chi connectivity index (χ2v) is 5.29. The van der Waals surface area contributed by atoms with E-state index in [1.165, 1.54) is 7.11 Å². The van der Waals surface area contributed by atoms with Crippen molar-refractivity contribution in [1.29, 1.82) is 0 Å². The van der Waals surface area contributed by atoms with Crippen molar-refractivity contribution in [2.75, 3.05) is 7.11 Å². The van der Waals surface area contributed by atoms with Gasteiger partial charge in [0, 0.05) is 0 Å². The molecule has 0 saturated heterocycles. The highest BCUT2D eigenvalue weighted by Crippen LogP contribution is 2.44. The fourth-order valence-electron chi connectivity index (χ4n) is 2.37. The molecule has 1 fully saturated rings. The molecule has 3 nitrogen and oxygen atoms in total. The molecule has 0 aliphatic heterocycles. The van der Waals surface area contributed by atoms with Crippen LogP contribution in [0, 0.1) is 0 Å². The summed E-state index contributed by atoms with van der Waals surface area (Å²) in [6, 6.07) is 15.6. The average molecular weight is 282 g/mol. The van der Waals surface area contributed by atoms with Gasteiger partial charge in [0.25, 0.3) is 0 Å². The first-order chi connectivity index (χ1) is 10.3. The average Bonchev–Trinajstić information content (AvgIpc) is 3.38. The van der Waals surface area contributed by atoms with Crippen LogP contribution in [-0.2, 0) is 11.3 Å². The molecular formula is C18H18O3. The van der Waals surface area contributed by atoms with Crippen LogP contribution in [0.15, 0.2) is 48.5 Å². The monoisotopic (exact) mass is 282 g/mol. The summed E-state index contributed by atoms with van der Waals surface area (Å²) in [6.45, 7) is 0.540. The molecule has 21 heavy (non-hydrogen) atoms. The molecule has 0 bridgehead atoms. The molecule has 0 unspecified atom stereocenters. The Labute approximate surface area is 124 Å². The minimum absolute atomic E-state index is 0.300. The van der Waals surface area contributed by atoms with Crippen molar-refractivity contribution in [1.82, 2.24) is 0 Å². The van der Waals surface area contributed by atoms with E-state index in [-0.39, 0.29) is 5.97 Å². The van der Waals surface area contributed by atoms with Gasteiger partial charge in [0.2, 0.25) is 0 Å². The first-order valence-corrected chi connectivity index (χ1v) is 7.17. The van der Waals surface area contributed by atoms with E-state index < -0.39 is 0 Å². The van der Waals surface area contributed by atoms with Crippen LogP contribution in [0.1, 0.15) is 40.2 Å². The van der Waals surface area contributed by atoms with Crippen LogP contribution in [0.2, 0.25) is 0 Å². The second-order valence-electron chi connectivity index (χ2n) is 5.29. The maximum atomic E-state index is 11.6. The van der Waals surface area contributed by atoms with E-state index in [0.29, 0.717) is 18.1 Å². The zero-order valence-corrected chi connectivity index (χ0v) is 12.0. The normalized spacial score (nSPS) is 13.8. The van der Waals surface area contributed by atoms with E-state index in [1.807, 2.05) is 42.5 Å². The topological polar surface area (TPSA) is 35.5 Å². The van der Waals surface area contributed by atoms with Gasteiger partial charge in [0.15, 0.2) is 0 Å². The van der Waals surface area contributed by atoms with Gasteiger partial charge in [-0.1, -0.05) is 30.3 Å². The molecular weight excluding hydrogens is 264 g/mol. The quantitative estimate of drug-likeness (QED) is 0.779. The molecule has 1 aliphatic rings. The lowest BCUT2D eigenvalue weighted by atomic mass is 10.1. The number of hydrogen-bond acceptors (Lipinski definition) is 3. The predicted molar refractivity (Wildman–Crippen MR) is 80.5 cm³/mol.